The van der Waals surface area contributed by atoms with Crippen molar-refractivity contribution in [3.63, 3.8) is 0 Å². The van der Waals surface area contributed by atoms with E-state index in [0.717, 1.165) is 0 Å². The van der Waals surface area contributed by atoms with Gasteiger partial charge in [-0.2, -0.15) is 0 Å². The van der Waals surface area contributed by atoms with Gasteiger partial charge in [-0.1, -0.05) is 12.1 Å². The molecule has 0 bridgehead atoms. The number of hydrogen-bond donors (Lipinski definition) is 2. The van der Waals surface area contributed by atoms with Gasteiger partial charge in [0, 0.05) is 0 Å². The molecular formula is C9H12FNO. The van der Waals surface area contributed by atoms with Crippen LogP contribution in [0.5, 0.6) is 0 Å². The van der Waals surface area contributed by atoms with Crippen molar-refractivity contribution in [2.75, 3.05) is 6.54 Å². The summed E-state index contributed by atoms with van der Waals surface area (Å²) in [6, 6.07) is 5.92. The van der Waals surface area contributed by atoms with Gasteiger partial charge in [0.1, 0.15) is 5.82 Å². The van der Waals surface area contributed by atoms with E-state index in [1.807, 2.05) is 0 Å². The molecular weight excluding hydrogens is 157 g/mol. The quantitative estimate of drug-likeness (QED) is 0.714. The van der Waals surface area contributed by atoms with Crippen molar-refractivity contribution in [3.8, 4) is 0 Å². The number of benzene rings is 1. The first-order valence-corrected chi connectivity index (χ1v) is 3.87. The van der Waals surface area contributed by atoms with E-state index in [0.29, 0.717) is 18.5 Å². The van der Waals surface area contributed by atoms with Crippen LogP contribution in [0.4, 0.5) is 4.39 Å². The number of aliphatic hydroxyl groups excluding tert-OH is 1. The van der Waals surface area contributed by atoms with Gasteiger partial charge in [0.25, 0.3) is 0 Å². The molecule has 0 aliphatic carbocycles. The highest BCUT2D eigenvalue weighted by molar-refractivity contribution is 5.18. The fourth-order valence-electron chi connectivity index (χ4n) is 1.04. The Hall–Kier alpha value is -0.930. The summed E-state index contributed by atoms with van der Waals surface area (Å²) >= 11 is 0. The second kappa shape index (κ2) is 4.18. The van der Waals surface area contributed by atoms with Crippen molar-refractivity contribution in [1.82, 2.24) is 0 Å². The SMILES string of the molecule is NCC[C@H](O)c1cccc(F)c1. The van der Waals surface area contributed by atoms with E-state index in [1.165, 1.54) is 12.1 Å². The van der Waals surface area contributed by atoms with Gasteiger partial charge in [-0.3, -0.25) is 0 Å². The molecule has 1 rings (SSSR count). The predicted molar refractivity (Wildman–Crippen MR) is 45.0 cm³/mol. The summed E-state index contributed by atoms with van der Waals surface area (Å²) < 4.78 is 12.6. The summed E-state index contributed by atoms with van der Waals surface area (Å²) in [6.07, 6.45) is -0.186. The fourth-order valence-corrected chi connectivity index (χ4v) is 1.04. The zero-order chi connectivity index (χ0) is 8.97. The maximum Gasteiger partial charge on any atom is 0.123 e. The number of hydrogen-bond acceptors (Lipinski definition) is 2. The van der Waals surface area contributed by atoms with Crippen LogP contribution >= 0.6 is 0 Å². The van der Waals surface area contributed by atoms with Gasteiger partial charge in [0.15, 0.2) is 0 Å². The van der Waals surface area contributed by atoms with Crippen molar-refractivity contribution < 1.29 is 9.50 Å². The standard InChI is InChI=1S/C9H12FNO/c10-8-3-1-2-7(6-8)9(12)4-5-11/h1-3,6,9,12H,4-5,11H2/t9-/m0/s1. The minimum atomic E-state index is -0.648. The lowest BCUT2D eigenvalue weighted by Crippen LogP contribution is -2.06. The number of aliphatic hydroxyl groups is 1. The Balaban J connectivity index is 2.73. The van der Waals surface area contributed by atoms with Crippen LogP contribution in [0.25, 0.3) is 0 Å². The van der Waals surface area contributed by atoms with E-state index in [9.17, 15) is 9.50 Å². The van der Waals surface area contributed by atoms with E-state index < -0.39 is 6.10 Å². The van der Waals surface area contributed by atoms with Crippen molar-refractivity contribution in [2.24, 2.45) is 5.73 Å². The highest BCUT2D eigenvalue weighted by Crippen LogP contribution is 2.16. The zero-order valence-corrected chi connectivity index (χ0v) is 6.70. The Bertz CT molecular complexity index is 252. The van der Waals surface area contributed by atoms with E-state index in [1.54, 1.807) is 12.1 Å². The van der Waals surface area contributed by atoms with Crippen LogP contribution in [0, 0.1) is 5.82 Å². The first-order chi connectivity index (χ1) is 5.74. The molecule has 3 heteroatoms. The minimum Gasteiger partial charge on any atom is -0.388 e. The molecule has 0 amide bonds. The predicted octanol–water partition coefficient (Wildman–Crippen LogP) is 1.21. The van der Waals surface area contributed by atoms with Gasteiger partial charge in [0.2, 0.25) is 0 Å². The Morgan fingerprint density at radius 1 is 1.50 bits per heavy atom. The largest absolute Gasteiger partial charge is 0.388 e. The lowest BCUT2D eigenvalue weighted by Gasteiger charge is -2.08. The summed E-state index contributed by atoms with van der Waals surface area (Å²) in [5.41, 5.74) is 5.83. The monoisotopic (exact) mass is 169 g/mol. The third-order valence-corrected chi connectivity index (χ3v) is 1.67. The van der Waals surface area contributed by atoms with Gasteiger partial charge in [-0.05, 0) is 30.7 Å². The topological polar surface area (TPSA) is 46.2 Å². The number of nitrogens with two attached hydrogens (primary N) is 1. The molecule has 0 radical (unpaired) electrons. The second-order valence-corrected chi connectivity index (χ2v) is 2.65. The lowest BCUT2D eigenvalue weighted by atomic mass is 10.1. The zero-order valence-electron chi connectivity index (χ0n) is 6.70. The summed E-state index contributed by atoms with van der Waals surface area (Å²) in [7, 11) is 0. The Morgan fingerprint density at radius 3 is 2.83 bits per heavy atom. The molecule has 0 aromatic heterocycles. The van der Waals surface area contributed by atoms with Gasteiger partial charge < -0.3 is 10.8 Å². The van der Waals surface area contributed by atoms with Crippen molar-refractivity contribution in [2.45, 2.75) is 12.5 Å². The van der Waals surface area contributed by atoms with Crippen molar-refractivity contribution in [1.29, 1.82) is 0 Å². The molecule has 1 aromatic carbocycles. The van der Waals surface area contributed by atoms with Crippen LogP contribution in [0.2, 0.25) is 0 Å². The third-order valence-electron chi connectivity index (χ3n) is 1.67. The Morgan fingerprint density at radius 2 is 2.25 bits per heavy atom. The molecule has 0 saturated heterocycles. The Labute approximate surface area is 70.8 Å². The summed E-state index contributed by atoms with van der Waals surface area (Å²) in [5.74, 6) is -0.330. The molecule has 1 aromatic rings. The third kappa shape index (κ3) is 2.29. The normalized spacial score (nSPS) is 12.9. The molecule has 0 spiro atoms. The lowest BCUT2D eigenvalue weighted by molar-refractivity contribution is 0.170. The van der Waals surface area contributed by atoms with E-state index in [4.69, 9.17) is 5.73 Å². The van der Waals surface area contributed by atoms with Crippen molar-refractivity contribution in [3.05, 3.63) is 35.6 Å². The summed E-state index contributed by atoms with van der Waals surface area (Å²) in [6.45, 7) is 0.400. The van der Waals surface area contributed by atoms with Crippen LogP contribution in [-0.4, -0.2) is 11.7 Å². The molecule has 0 aliphatic rings. The van der Waals surface area contributed by atoms with Crippen LogP contribution in [0.3, 0.4) is 0 Å². The number of rotatable bonds is 3. The van der Waals surface area contributed by atoms with Crippen LogP contribution in [-0.2, 0) is 0 Å². The minimum absolute atomic E-state index is 0.330. The first-order valence-electron chi connectivity index (χ1n) is 3.87. The van der Waals surface area contributed by atoms with Crippen LogP contribution in [0.15, 0.2) is 24.3 Å². The van der Waals surface area contributed by atoms with Crippen LogP contribution in [0.1, 0.15) is 18.1 Å². The maximum absolute atomic E-state index is 12.6. The highest BCUT2D eigenvalue weighted by atomic mass is 19.1. The van der Waals surface area contributed by atoms with Gasteiger partial charge in [0.05, 0.1) is 6.10 Å². The number of halogens is 1. The smallest absolute Gasteiger partial charge is 0.123 e. The van der Waals surface area contributed by atoms with Crippen LogP contribution < -0.4 is 5.73 Å². The van der Waals surface area contributed by atoms with E-state index in [-0.39, 0.29) is 5.82 Å². The van der Waals surface area contributed by atoms with Crippen molar-refractivity contribution >= 4 is 0 Å². The average Bonchev–Trinajstić information content (AvgIpc) is 2.05. The first kappa shape index (κ1) is 9.16. The summed E-state index contributed by atoms with van der Waals surface area (Å²) in [4.78, 5) is 0. The molecule has 0 unspecified atom stereocenters. The maximum atomic E-state index is 12.6. The highest BCUT2D eigenvalue weighted by Gasteiger charge is 2.05. The molecule has 66 valence electrons. The van der Waals surface area contributed by atoms with Gasteiger partial charge in [-0.25, -0.2) is 4.39 Å². The molecule has 0 fully saturated rings. The fraction of sp³-hybridized carbons (Fsp3) is 0.333. The van der Waals surface area contributed by atoms with E-state index >= 15 is 0 Å². The van der Waals surface area contributed by atoms with Gasteiger partial charge >= 0.3 is 0 Å². The molecule has 1 atom stereocenters. The van der Waals surface area contributed by atoms with Gasteiger partial charge in [-0.15, -0.1) is 0 Å². The van der Waals surface area contributed by atoms with E-state index in [2.05, 4.69) is 0 Å². The molecule has 0 saturated carbocycles. The molecule has 3 N–H and O–H groups in total. The second-order valence-electron chi connectivity index (χ2n) is 2.65. The molecule has 0 aliphatic heterocycles. The average molecular weight is 169 g/mol. The summed E-state index contributed by atoms with van der Waals surface area (Å²) in [5, 5.41) is 9.40. The molecule has 12 heavy (non-hydrogen) atoms. The Kier molecular flexibility index (Phi) is 3.19. The molecule has 0 heterocycles. The molecule has 2 nitrogen and oxygen atoms in total.